The lowest BCUT2D eigenvalue weighted by Gasteiger charge is -2.21. The van der Waals surface area contributed by atoms with Crippen molar-refractivity contribution in [2.75, 3.05) is 13.1 Å². The fraction of sp³-hybridized carbons (Fsp3) is 0.429. The molecule has 1 fully saturated rings. The van der Waals surface area contributed by atoms with Crippen LogP contribution in [0.1, 0.15) is 28.8 Å². The van der Waals surface area contributed by atoms with E-state index in [4.69, 9.17) is 5.11 Å². The van der Waals surface area contributed by atoms with E-state index in [9.17, 15) is 9.59 Å². The minimum Gasteiger partial charge on any atom is -0.478 e. The molecule has 1 aliphatic heterocycles. The smallest absolute Gasteiger partial charge is 0.335 e. The predicted octanol–water partition coefficient (Wildman–Crippen LogP) is 1.00. The summed E-state index contributed by atoms with van der Waals surface area (Å²) in [6.45, 7) is 2.24. The zero-order valence-electron chi connectivity index (χ0n) is 10.7. The second kappa shape index (κ2) is 6.33. The highest BCUT2D eigenvalue weighted by molar-refractivity contribution is 5.87. The molecule has 0 atom stereocenters. The van der Waals surface area contributed by atoms with Gasteiger partial charge in [0.25, 0.3) is 0 Å². The number of piperidine rings is 1. The van der Waals surface area contributed by atoms with E-state index < -0.39 is 5.97 Å². The van der Waals surface area contributed by atoms with Crippen molar-refractivity contribution < 1.29 is 14.7 Å². The van der Waals surface area contributed by atoms with Gasteiger partial charge in [0.05, 0.1) is 5.56 Å². The summed E-state index contributed by atoms with van der Waals surface area (Å²) >= 11 is 0. The Labute approximate surface area is 112 Å². The number of benzene rings is 1. The molecule has 19 heavy (non-hydrogen) atoms. The Morgan fingerprint density at radius 3 is 2.42 bits per heavy atom. The summed E-state index contributed by atoms with van der Waals surface area (Å²) in [5, 5.41) is 14.9. The van der Waals surface area contributed by atoms with Crippen LogP contribution in [0.25, 0.3) is 0 Å². The van der Waals surface area contributed by atoms with E-state index in [0.717, 1.165) is 31.5 Å². The highest BCUT2D eigenvalue weighted by Crippen LogP contribution is 2.12. The Morgan fingerprint density at radius 1 is 1.21 bits per heavy atom. The summed E-state index contributed by atoms with van der Waals surface area (Å²) in [5.74, 6) is -0.756. The molecule has 2 rings (SSSR count). The van der Waals surface area contributed by atoms with Crippen molar-refractivity contribution in [1.29, 1.82) is 0 Å². The van der Waals surface area contributed by atoms with Gasteiger partial charge in [0.15, 0.2) is 0 Å². The fourth-order valence-electron chi connectivity index (χ4n) is 2.18. The molecule has 1 aliphatic rings. The first-order chi connectivity index (χ1) is 9.16. The fourth-order valence-corrected chi connectivity index (χ4v) is 2.18. The van der Waals surface area contributed by atoms with Crippen LogP contribution in [-0.2, 0) is 11.3 Å². The van der Waals surface area contributed by atoms with Gasteiger partial charge >= 0.3 is 5.97 Å². The first-order valence-electron chi connectivity index (χ1n) is 6.47. The third kappa shape index (κ3) is 3.79. The van der Waals surface area contributed by atoms with Gasteiger partial charge in [-0.3, -0.25) is 4.79 Å². The lowest BCUT2D eigenvalue weighted by molar-refractivity contribution is -0.125. The van der Waals surface area contributed by atoms with Crippen LogP contribution in [-0.4, -0.2) is 30.1 Å². The largest absolute Gasteiger partial charge is 0.478 e. The molecule has 0 spiro atoms. The Kier molecular flexibility index (Phi) is 4.52. The van der Waals surface area contributed by atoms with E-state index in [2.05, 4.69) is 10.6 Å². The molecule has 102 valence electrons. The van der Waals surface area contributed by atoms with Crippen LogP contribution in [0.4, 0.5) is 0 Å². The first kappa shape index (κ1) is 13.5. The summed E-state index contributed by atoms with van der Waals surface area (Å²) in [6, 6.07) is 6.56. The lowest BCUT2D eigenvalue weighted by Crippen LogP contribution is -2.37. The Balaban J connectivity index is 1.84. The average Bonchev–Trinajstić information content (AvgIpc) is 2.46. The normalized spacial score (nSPS) is 16.0. The van der Waals surface area contributed by atoms with Gasteiger partial charge in [0.2, 0.25) is 5.91 Å². The number of carboxylic acid groups (broad SMARTS) is 1. The molecule has 1 aromatic carbocycles. The highest BCUT2D eigenvalue weighted by atomic mass is 16.4. The molecular formula is C14H18N2O3. The quantitative estimate of drug-likeness (QED) is 0.756. The van der Waals surface area contributed by atoms with Crippen molar-refractivity contribution in [2.24, 2.45) is 5.92 Å². The molecule has 0 radical (unpaired) electrons. The van der Waals surface area contributed by atoms with Crippen molar-refractivity contribution >= 4 is 11.9 Å². The molecule has 0 bridgehead atoms. The number of amides is 1. The molecular weight excluding hydrogens is 244 g/mol. The number of hydrogen-bond donors (Lipinski definition) is 3. The summed E-state index contributed by atoms with van der Waals surface area (Å²) < 4.78 is 0. The lowest BCUT2D eigenvalue weighted by atomic mass is 9.97. The van der Waals surface area contributed by atoms with Gasteiger partial charge in [-0.15, -0.1) is 0 Å². The zero-order chi connectivity index (χ0) is 13.7. The minimum atomic E-state index is -0.940. The second-order valence-corrected chi connectivity index (χ2v) is 4.74. The summed E-state index contributed by atoms with van der Waals surface area (Å²) in [4.78, 5) is 22.6. The monoisotopic (exact) mass is 262 g/mol. The molecule has 0 aliphatic carbocycles. The highest BCUT2D eigenvalue weighted by Gasteiger charge is 2.20. The van der Waals surface area contributed by atoms with Gasteiger partial charge in [-0.2, -0.15) is 0 Å². The van der Waals surface area contributed by atoms with E-state index in [1.807, 2.05) is 0 Å². The van der Waals surface area contributed by atoms with Crippen LogP contribution in [0.15, 0.2) is 24.3 Å². The molecule has 1 amide bonds. The molecule has 5 heteroatoms. The topological polar surface area (TPSA) is 78.4 Å². The van der Waals surface area contributed by atoms with Crippen molar-refractivity contribution in [3.05, 3.63) is 35.4 Å². The van der Waals surface area contributed by atoms with Gasteiger partial charge in [0, 0.05) is 12.5 Å². The van der Waals surface area contributed by atoms with Crippen LogP contribution < -0.4 is 10.6 Å². The van der Waals surface area contributed by atoms with Gasteiger partial charge in [0.1, 0.15) is 0 Å². The Hall–Kier alpha value is -1.88. The zero-order valence-corrected chi connectivity index (χ0v) is 10.7. The van der Waals surface area contributed by atoms with Crippen LogP contribution in [0.5, 0.6) is 0 Å². The summed E-state index contributed by atoms with van der Waals surface area (Å²) in [5.41, 5.74) is 1.17. The Bertz CT molecular complexity index is 450. The molecule has 3 N–H and O–H groups in total. The van der Waals surface area contributed by atoms with E-state index >= 15 is 0 Å². The van der Waals surface area contributed by atoms with Crippen molar-refractivity contribution in [1.82, 2.24) is 10.6 Å². The van der Waals surface area contributed by atoms with Crippen molar-refractivity contribution in [3.8, 4) is 0 Å². The van der Waals surface area contributed by atoms with Crippen LogP contribution >= 0.6 is 0 Å². The van der Waals surface area contributed by atoms with E-state index in [1.54, 1.807) is 24.3 Å². The summed E-state index contributed by atoms with van der Waals surface area (Å²) in [6.07, 6.45) is 1.76. The maximum Gasteiger partial charge on any atom is 0.335 e. The van der Waals surface area contributed by atoms with Crippen LogP contribution in [0, 0.1) is 5.92 Å². The SMILES string of the molecule is O=C(O)c1ccc(CNC(=O)C2CCNCC2)cc1. The van der Waals surface area contributed by atoms with E-state index in [0.29, 0.717) is 6.54 Å². The number of carbonyl (C=O) groups excluding carboxylic acids is 1. The summed E-state index contributed by atoms with van der Waals surface area (Å²) in [7, 11) is 0. The van der Waals surface area contributed by atoms with Crippen molar-refractivity contribution in [2.45, 2.75) is 19.4 Å². The number of hydrogen-bond acceptors (Lipinski definition) is 3. The van der Waals surface area contributed by atoms with Crippen LogP contribution in [0.3, 0.4) is 0 Å². The van der Waals surface area contributed by atoms with E-state index in [-0.39, 0.29) is 17.4 Å². The molecule has 0 aromatic heterocycles. The molecule has 0 unspecified atom stereocenters. The Morgan fingerprint density at radius 2 is 1.84 bits per heavy atom. The number of aromatic carboxylic acids is 1. The number of carbonyl (C=O) groups is 2. The third-order valence-corrected chi connectivity index (χ3v) is 3.38. The van der Waals surface area contributed by atoms with Gasteiger partial charge in [-0.05, 0) is 43.6 Å². The molecule has 1 saturated heterocycles. The maximum atomic E-state index is 11.9. The average molecular weight is 262 g/mol. The molecule has 1 heterocycles. The van der Waals surface area contributed by atoms with Gasteiger partial charge in [-0.1, -0.05) is 12.1 Å². The predicted molar refractivity (Wildman–Crippen MR) is 70.8 cm³/mol. The second-order valence-electron chi connectivity index (χ2n) is 4.74. The van der Waals surface area contributed by atoms with Gasteiger partial charge in [-0.25, -0.2) is 4.79 Å². The molecule has 0 saturated carbocycles. The number of rotatable bonds is 4. The van der Waals surface area contributed by atoms with Gasteiger partial charge < -0.3 is 15.7 Å². The number of nitrogens with one attached hydrogen (secondary N) is 2. The van der Waals surface area contributed by atoms with E-state index in [1.165, 1.54) is 0 Å². The number of carboxylic acids is 1. The maximum absolute atomic E-state index is 11.9. The van der Waals surface area contributed by atoms with Crippen molar-refractivity contribution in [3.63, 3.8) is 0 Å². The first-order valence-corrected chi connectivity index (χ1v) is 6.47. The standard InChI is InChI=1S/C14H18N2O3/c17-13(11-5-7-15-8-6-11)16-9-10-1-3-12(4-2-10)14(18)19/h1-4,11,15H,5-9H2,(H,16,17)(H,18,19). The third-order valence-electron chi connectivity index (χ3n) is 3.38. The minimum absolute atomic E-state index is 0.0869. The van der Waals surface area contributed by atoms with Crippen LogP contribution in [0.2, 0.25) is 0 Å². The molecule has 1 aromatic rings. The molecule has 5 nitrogen and oxygen atoms in total.